The standard InChI is InChI=1S/C20H42.2C4H10/c1-11-13(3)15(5)17(7)19(9)20(10)18(8)16(6)14(4)12-2;2*1-3-4-2/h13-20H,11-12H2,1-10H3;2*3-4H2,1-2H3. The Morgan fingerprint density at radius 3 is 0.643 bits per heavy atom. The Bertz CT molecular complexity index is 260. The van der Waals surface area contributed by atoms with Crippen molar-refractivity contribution in [3.63, 3.8) is 0 Å². The van der Waals surface area contributed by atoms with E-state index in [4.69, 9.17) is 0 Å². The van der Waals surface area contributed by atoms with Crippen molar-refractivity contribution in [2.45, 2.75) is 135 Å². The van der Waals surface area contributed by atoms with Gasteiger partial charge in [-0.1, -0.05) is 135 Å². The van der Waals surface area contributed by atoms with Crippen LogP contribution in [0.1, 0.15) is 135 Å². The number of rotatable bonds is 11. The molecule has 0 aromatic heterocycles. The van der Waals surface area contributed by atoms with Gasteiger partial charge in [0.25, 0.3) is 0 Å². The molecule has 8 atom stereocenters. The van der Waals surface area contributed by atoms with E-state index in [1.165, 1.54) is 38.5 Å². The van der Waals surface area contributed by atoms with Crippen molar-refractivity contribution in [2.24, 2.45) is 47.3 Å². The molecule has 0 aromatic rings. The van der Waals surface area contributed by atoms with Crippen LogP contribution in [0.4, 0.5) is 0 Å². The Morgan fingerprint density at radius 2 is 0.500 bits per heavy atom. The van der Waals surface area contributed by atoms with Crippen LogP contribution in [0, 0.1) is 47.3 Å². The summed E-state index contributed by atoms with van der Waals surface area (Å²) in [5.41, 5.74) is 0. The molecule has 0 bridgehead atoms. The van der Waals surface area contributed by atoms with Crippen LogP contribution in [-0.4, -0.2) is 0 Å². The number of hydrogen-bond acceptors (Lipinski definition) is 0. The van der Waals surface area contributed by atoms with E-state index in [2.05, 4.69) is 96.9 Å². The first-order valence-electron chi connectivity index (χ1n) is 13.0. The van der Waals surface area contributed by atoms with Gasteiger partial charge in [0.05, 0.1) is 0 Å². The van der Waals surface area contributed by atoms with Gasteiger partial charge in [-0.05, 0) is 47.3 Å². The Morgan fingerprint density at radius 1 is 0.321 bits per heavy atom. The monoisotopic (exact) mass is 398 g/mol. The highest BCUT2D eigenvalue weighted by atomic mass is 14.4. The predicted molar refractivity (Wildman–Crippen MR) is 135 cm³/mol. The van der Waals surface area contributed by atoms with Gasteiger partial charge in [-0.25, -0.2) is 0 Å². The van der Waals surface area contributed by atoms with E-state index in [1.54, 1.807) is 0 Å². The predicted octanol–water partition coefficient (Wildman–Crippen LogP) is 10.5. The molecule has 0 spiro atoms. The van der Waals surface area contributed by atoms with E-state index in [-0.39, 0.29) is 0 Å². The van der Waals surface area contributed by atoms with Gasteiger partial charge >= 0.3 is 0 Å². The summed E-state index contributed by atoms with van der Waals surface area (Å²) >= 11 is 0. The fraction of sp³-hybridized carbons (Fsp3) is 1.00. The quantitative estimate of drug-likeness (QED) is 0.324. The van der Waals surface area contributed by atoms with E-state index in [0.29, 0.717) is 0 Å². The first kappa shape index (κ1) is 32.7. The summed E-state index contributed by atoms with van der Waals surface area (Å²) in [4.78, 5) is 0. The second-order valence-corrected chi connectivity index (χ2v) is 9.93. The van der Waals surface area contributed by atoms with Crippen molar-refractivity contribution < 1.29 is 0 Å². The molecule has 8 unspecified atom stereocenters. The molecule has 0 aromatic carbocycles. The largest absolute Gasteiger partial charge is 0.0654 e. The lowest BCUT2D eigenvalue weighted by Gasteiger charge is -2.39. The zero-order chi connectivity index (χ0) is 22.9. The maximum absolute atomic E-state index is 2.49. The molecular formula is C28H62. The Hall–Kier alpha value is 0. The van der Waals surface area contributed by atoms with Crippen LogP contribution in [0.2, 0.25) is 0 Å². The topological polar surface area (TPSA) is 0 Å². The molecule has 0 aliphatic rings. The Kier molecular flexibility index (Phi) is 23.7. The highest BCUT2D eigenvalue weighted by Gasteiger charge is 2.31. The van der Waals surface area contributed by atoms with Gasteiger partial charge in [-0.3, -0.25) is 0 Å². The van der Waals surface area contributed by atoms with Crippen molar-refractivity contribution in [2.75, 3.05) is 0 Å². The molecule has 0 heteroatoms. The van der Waals surface area contributed by atoms with Crippen LogP contribution in [-0.2, 0) is 0 Å². The zero-order valence-electron chi connectivity index (χ0n) is 22.9. The third kappa shape index (κ3) is 14.1. The summed E-state index contributed by atoms with van der Waals surface area (Å²) in [7, 11) is 0. The fourth-order valence-electron chi connectivity index (χ4n) is 3.70. The first-order valence-corrected chi connectivity index (χ1v) is 13.0. The van der Waals surface area contributed by atoms with Crippen LogP contribution in [0.3, 0.4) is 0 Å². The summed E-state index contributed by atoms with van der Waals surface area (Å²) in [6, 6.07) is 0. The molecule has 174 valence electrons. The van der Waals surface area contributed by atoms with Crippen molar-refractivity contribution in [1.29, 1.82) is 0 Å². The number of hydrogen-bond donors (Lipinski definition) is 0. The summed E-state index contributed by atoms with van der Waals surface area (Å²) in [5.74, 6) is 6.66. The lowest BCUT2D eigenvalue weighted by molar-refractivity contribution is 0.101. The van der Waals surface area contributed by atoms with Crippen LogP contribution < -0.4 is 0 Å². The molecule has 0 nitrogen and oxygen atoms in total. The highest BCUT2D eigenvalue weighted by Crippen LogP contribution is 2.38. The molecule has 0 rings (SSSR count). The first-order chi connectivity index (χ1) is 13.0. The van der Waals surface area contributed by atoms with Gasteiger partial charge in [-0.2, -0.15) is 0 Å². The van der Waals surface area contributed by atoms with Gasteiger partial charge in [-0.15, -0.1) is 0 Å². The Labute approximate surface area is 183 Å². The van der Waals surface area contributed by atoms with Gasteiger partial charge in [0.1, 0.15) is 0 Å². The second-order valence-electron chi connectivity index (χ2n) is 9.93. The number of unbranched alkanes of at least 4 members (excludes halogenated alkanes) is 2. The molecule has 0 saturated heterocycles. The van der Waals surface area contributed by atoms with Gasteiger partial charge in [0.15, 0.2) is 0 Å². The van der Waals surface area contributed by atoms with Gasteiger partial charge in [0.2, 0.25) is 0 Å². The molecular weight excluding hydrogens is 336 g/mol. The molecule has 0 saturated carbocycles. The third-order valence-corrected chi connectivity index (χ3v) is 8.23. The third-order valence-electron chi connectivity index (χ3n) is 8.23. The summed E-state index contributed by atoms with van der Waals surface area (Å²) in [5, 5.41) is 0. The van der Waals surface area contributed by atoms with E-state index in [0.717, 1.165) is 47.3 Å². The summed E-state index contributed by atoms with van der Waals surface area (Å²) in [6.45, 7) is 33.1. The smallest absolute Gasteiger partial charge is 0.0386 e. The van der Waals surface area contributed by atoms with E-state index in [9.17, 15) is 0 Å². The van der Waals surface area contributed by atoms with Crippen molar-refractivity contribution in [3.05, 3.63) is 0 Å². The summed E-state index contributed by atoms with van der Waals surface area (Å²) in [6.07, 6.45) is 7.90. The van der Waals surface area contributed by atoms with E-state index >= 15 is 0 Å². The zero-order valence-corrected chi connectivity index (χ0v) is 22.9. The maximum atomic E-state index is 2.49. The molecule has 0 radical (unpaired) electrons. The van der Waals surface area contributed by atoms with E-state index < -0.39 is 0 Å². The minimum absolute atomic E-state index is 0.820. The molecule has 0 heterocycles. The molecule has 28 heavy (non-hydrogen) atoms. The van der Waals surface area contributed by atoms with Crippen molar-refractivity contribution >= 4 is 0 Å². The van der Waals surface area contributed by atoms with Crippen LogP contribution in [0.5, 0.6) is 0 Å². The van der Waals surface area contributed by atoms with Gasteiger partial charge in [0, 0.05) is 0 Å². The van der Waals surface area contributed by atoms with Crippen molar-refractivity contribution in [1.82, 2.24) is 0 Å². The summed E-state index contributed by atoms with van der Waals surface area (Å²) < 4.78 is 0. The van der Waals surface area contributed by atoms with Crippen LogP contribution in [0.15, 0.2) is 0 Å². The maximum Gasteiger partial charge on any atom is -0.0386 e. The van der Waals surface area contributed by atoms with Gasteiger partial charge < -0.3 is 0 Å². The SMILES string of the molecule is CCC(C)C(C)C(C)C(C)C(C)C(C)C(C)C(C)CC.CCCC.CCCC. The second kappa shape index (κ2) is 20.3. The highest BCUT2D eigenvalue weighted by molar-refractivity contribution is 4.80. The lowest BCUT2D eigenvalue weighted by atomic mass is 9.67. The molecule has 0 amide bonds. The minimum atomic E-state index is 0.820. The van der Waals surface area contributed by atoms with Crippen molar-refractivity contribution in [3.8, 4) is 0 Å². The van der Waals surface area contributed by atoms with E-state index in [1.807, 2.05) is 0 Å². The Balaban J connectivity index is -0.000000656. The molecule has 0 fully saturated rings. The average molecular weight is 399 g/mol. The molecule has 0 N–H and O–H groups in total. The average Bonchev–Trinajstić information content (AvgIpc) is 2.74. The van der Waals surface area contributed by atoms with Crippen LogP contribution >= 0.6 is 0 Å². The lowest BCUT2D eigenvalue weighted by Crippen LogP contribution is -2.32. The minimum Gasteiger partial charge on any atom is -0.0654 e. The van der Waals surface area contributed by atoms with Crippen LogP contribution in [0.25, 0.3) is 0 Å². The molecule has 0 aliphatic carbocycles. The normalized spacial score (nSPS) is 19.5. The fourth-order valence-corrected chi connectivity index (χ4v) is 3.70. The molecule has 0 aliphatic heterocycles.